The summed E-state index contributed by atoms with van der Waals surface area (Å²) >= 11 is 0. The predicted octanol–water partition coefficient (Wildman–Crippen LogP) is 2.05. The molecule has 1 aromatic carbocycles. The largest absolute Gasteiger partial charge is 0.351 e. The maximum Gasteiger partial charge on any atom is 0.183 e. The lowest BCUT2D eigenvalue weighted by molar-refractivity contribution is -0.0778. The van der Waals surface area contributed by atoms with E-state index in [1.807, 2.05) is 30.3 Å². The fraction of sp³-hybridized carbons (Fsp3) is 0.333. The maximum absolute atomic E-state index is 5.30. The molecule has 0 N–H and O–H groups in total. The van der Waals surface area contributed by atoms with Crippen LogP contribution in [0.15, 0.2) is 36.9 Å². The Bertz CT molecular complexity index is 317. The quantitative estimate of drug-likeness (QED) is 0.405. The maximum atomic E-state index is 5.30. The van der Waals surface area contributed by atoms with E-state index in [0.29, 0.717) is 13.2 Å². The predicted molar refractivity (Wildman–Crippen MR) is 57.1 cm³/mol. The molecule has 1 unspecified atom stereocenters. The Balaban J connectivity index is 1.67. The van der Waals surface area contributed by atoms with Crippen LogP contribution in [0.1, 0.15) is 5.56 Å². The second-order valence-electron chi connectivity index (χ2n) is 3.37. The van der Waals surface area contributed by atoms with Gasteiger partial charge in [-0.25, -0.2) is 0 Å². The van der Waals surface area contributed by atoms with E-state index in [-0.39, 0.29) is 13.1 Å². The van der Waals surface area contributed by atoms with Crippen molar-refractivity contribution >= 4 is 5.57 Å². The summed E-state index contributed by atoms with van der Waals surface area (Å²) in [6.45, 7) is 5.37. The second-order valence-corrected chi connectivity index (χ2v) is 3.37. The monoisotopic (exact) mass is 206 g/mol. The molecular weight excluding hydrogens is 192 g/mol. The van der Waals surface area contributed by atoms with Crippen LogP contribution < -0.4 is 0 Å². The van der Waals surface area contributed by atoms with Gasteiger partial charge >= 0.3 is 0 Å². The molecule has 2 rings (SSSR count). The van der Waals surface area contributed by atoms with Crippen molar-refractivity contribution in [3.05, 3.63) is 42.5 Å². The number of hydrogen-bond donors (Lipinski definition) is 0. The zero-order chi connectivity index (χ0) is 10.5. The van der Waals surface area contributed by atoms with Crippen LogP contribution >= 0.6 is 0 Å². The van der Waals surface area contributed by atoms with Crippen LogP contribution in [-0.4, -0.2) is 26.3 Å². The van der Waals surface area contributed by atoms with E-state index in [1.54, 1.807) is 0 Å². The Labute approximate surface area is 89.3 Å². The summed E-state index contributed by atoms with van der Waals surface area (Å²) in [5.41, 5.74) is 2.05. The lowest BCUT2D eigenvalue weighted by Gasteiger charge is -2.06. The Kier molecular flexibility index (Phi) is 3.50. The lowest BCUT2D eigenvalue weighted by atomic mass is 10.1. The first-order valence-corrected chi connectivity index (χ1v) is 4.90. The third kappa shape index (κ3) is 3.47. The van der Waals surface area contributed by atoms with Crippen molar-refractivity contribution in [1.29, 1.82) is 0 Å². The van der Waals surface area contributed by atoms with Gasteiger partial charge in [0.2, 0.25) is 0 Å². The standard InChI is InChI=1S/C12H14O3/c1-10(11-5-3-2-4-6-11)7-13-9-15-12-8-14-12/h2-6,12H,1,7-9H2. The first-order valence-electron chi connectivity index (χ1n) is 4.90. The van der Waals surface area contributed by atoms with Gasteiger partial charge in [0.1, 0.15) is 13.4 Å². The molecule has 1 atom stereocenters. The molecule has 1 fully saturated rings. The van der Waals surface area contributed by atoms with Crippen molar-refractivity contribution in [3.8, 4) is 0 Å². The Morgan fingerprint density at radius 2 is 2.13 bits per heavy atom. The molecule has 0 spiro atoms. The molecule has 0 aromatic heterocycles. The number of epoxide rings is 1. The Hall–Kier alpha value is -1.16. The molecule has 1 aliphatic heterocycles. The topological polar surface area (TPSA) is 31.0 Å². The highest BCUT2D eigenvalue weighted by atomic mass is 16.8. The minimum absolute atomic E-state index is 0.0463. The molecule has 1 aliphatic rings. The first-order chi connectivity index (χ1) is 7.36. The third-order valence-electron chi connectivity index (χ3n) is 2.10. The summed E-state index contributed by atoms with van der Waals surface area (Å²) < 4.78 is 15.3. The highest BCUT2D eigenvalue weighted by Crippen LogP contribution is 2.13. The minimum atomic E-state index is -0.0463. The Morgan fingerprint density at radius 3 is 2.80 bits per heavy atom. The van der Waals surface area contributed by atoms with Gasteiger partial charge in [0, 0.05) is 0 Å². The zero-order valence-electron chi connectivity index (χ0n) is 8.52. The number of ether oxygens (including phenoxy) is 3. The van der Waals surface area contributed by atoms with Crippen LogP contribution in [0, 0.1) is 0 Å². The average Bonchev–Trinajstić information content (AvgIpc) is 3.09. The van der Waals surface area contributed by atoms with Crippen LogP contribution in [0.25, 0.3) is 5.57 Å². The molecule has 0 aliphatic carbocycles. The van der Waals surface area contributed by atoms with Crippen molar-refractivity contribution in [3.63, 3.8) is 0 Å². The molecule has 0 radical (unpaired) electrons. The van der Waals surface area contributed by atoms with Crippen LogP contribution in [0.3, 0.4) is 0 Å². The van der Waals surface area contributed by atoms with Crippen LogP contribution in [0.5, 0.6) is 0 Å². The van der Waals surface area contributed by atoms with E-state index < -0.39 is 0 Å². The van der Waals surface area contributed by atoms with E-state index in [1.165, 1.54) is 0 Å². The highest BCUT2D eigenvalue weighted by molar-refractivity contribution is 5.63. The summed E-state index contributed by atoms with van der Waals surface area (Å²) in [5.74, 6) is 0. The van der Waals surface area contributed by atoms with Crippen molar-refractivity contribution < 1.29 is 14.2 Å². The molecule has 15 heavy (non-hydrogen) atoms. The van der Waals surface area contributed by atoms with Gasteiger partial charge in [0.15, 0.2) is 6.29 Å². The summed E-state index contributed by atoms with van der Waals surface area (Å²) in [7, 11) is 0. The number of benzene rings is 1. The van der Waals surface area contributed by atoms with Gasteiger partial charge in [-0.2, -0.15) is 0 Å². The lowest BCUT2D eigenvalue weighted by Crippen LogP contribution is -2.04. The fourth-order valence-corrected chi connectivity index (χ4v) is 1.18. The first kappa shape index (κ1) is 10.4. The van der Waals surface area contributed by atoms with Gasteiger partial charge in [-0.1, -0.05) is 36.9 Å². The molecular formula is C12H14O3. The molecule has 80 valence electrons. The summed E-state index contributed by atoms with van der Waals surface area (Å²) in [6.07, 6.45) is -0.0463. The second kappa shape index (κ2) is 5.07. The minimum Gasteiger partial charge on any atom is -0.351 e. The third-order valence-corrected chi connectivity index (χ3v) is 2.10. The molecule has 0 bridgehead atoms. The molecule has 3 heteroatoms. The summed E-state index contributed by atoms with van der Waals surface area (Å²) in [4.78, 5) is 0. The smallest absolute Gasteiger partial charge is 0.183 e. The van der Waals surface area contributed by atoms with E-state index in [9.17, 15) is 0 Å². The van der Waals surface area contributed by atoms with Gasteiger partial charge in [-0.3, -0.25) is 0 Å². The molecule has 1 saturated heterocycles. The van der Waals surface area contributed by atoms with Gasteiger partial charge in [-0.15, -0.1) is 0 Å². The van der Waals surface area contributed by atoms with Crippen molar-refractivity contribution in [2.24, 2.45) is 0 Å². The Morgan fingerprint density at radius 1 is 1.40 bits per heavy atom. The normalized spacial score (nSPS) is 18.8. The molecule has 3 nitrogen and oxygen atoms in total. The average molecular weight is 206 g/mol. The highest BCUT2D eigenvalue weighted by Gasteiger charge is 2.22. The van der Waals surface area contributed by atoms with Crippen LogP contribution in [0.2, 0.25) is 0 Å². The molecule has 1 heterocycles. The van der Waals surface area contributed by atoms with Gasteiger partial charge in [0.25, 0.3) is 0 Å². The molecule has 1 aromatic rings. The van der Waals surface area contributed by atoms with E-state index in [0.717, 1.165) is 11.1 Å². The molecule has 0 amide bonds. The fourth-order valence-electron chi connectivity index (χ4n) is 1.18. The van der Waals surface area contributed by atoms with E-state index >= 15 is 0 Å². The van der Waals surface area contributed by atoms with Gasteiger partial charge < -0.3 is 14.2 Å². The van der Waals surface area contributed by atoms with E-state index in [2.05, 4.69) is 6.58 Å². The van der Waals surface area contributed by atoms with E-state index in [4.69, 9.17) is 14.2 Å². The molecule has 0 saturated carbocycles. The van der Waals surface area contributed by atoms with Gasteiger partial charge in [0.05, 0.1) is 6.61 Å². The number of hydrogen-bond acceptors (Lipinski definition) is 3. The summed E-state index contributed by atoms with van der Waals surface area (Å²) in [5, 5.41) is 0. The van der Waals surface area contributed by atoms with Crippen molar-refractivity contribution in [1.82, 2.24) is 0 Å². The van der Waals surface area contributed by atoms with Crippen molar-refractivity contribution in [2.45, 2.75) is 6.29 Å². The SMILES string of the molecule is C=C(COCOC1CO1)c1ccccc1. The van der Waals surface area contributed by atoms with Crippen LogP contribution in [0.4, 0.5) is 0 Å². The van der Waals surface area contributed by atoms with Crippen LogP contribution in [-0.2, 0) is 14.2 Å². The zero-order valence-corrected chi connectivity index (χ0v) is 8.52. The number of rotatable bonds is 6. The summed E-state index contributed by atoms with van der Waals surface area (Å²) in [6, 6.07) is 9.96. The van der Waals surface area contributed by atoms with Gasteiger partial charge in [-0.05, 0) is 11.1 Å². The van der Waals surface area contributed by atoms with Crippen molar-refractivity contribution in [2.75, 3.05) is 20.0 Å².